The number of rotatable bonds is 4. The molecule has 0 amide bonds. The fourth-order valence-corrected chi connectivity index (χ4v) is 1.93. The predicted octanol–water partition coefficient (Wildman–Crippen LogP) is 4.66. The highest BCUT2D eigenvalue weighted by molar-refractivity contribution is 5.69. The van der Waals surface area contributed by atoms with Gasteiger partial charge in [0.05, 0.1) is 5.69 Å². The van der Waals surface area contributed by atoms with E-state index >= 15 is 0 Å². The number of benzene rings is 2. The third-order valence-corrected chi connectivity index (χ3v) is 2.85. The van der Waals surface area contributed by atoms with E-state index in [1.807, 2.05) is 49.5 Å². The zero-order chi connectivity index (χ0) is 12.8. The Morgan fingerprint density at radius 3 is 2.44 bits per heavy atom. The average Bonchev–Trinajstić information content (AvgIpc) is 2.42. The van der Waals surface area contributed by atoms with Crippen molar-refractivity contribution in [2.75, 3.05) is 0 Å². The summed E-state index contributed by atoms with van der Waals surface area (Å²) in [6.07, 6.45) is 2.65. The number of para-hydroxylation sites is 1. The van der Waals surface area contributed by atoms with E-state index in [2.05, 4.69) is 29.8 Å². The molecule has 2 aromatic rings. The van der Waals surface area contributed by atoms with E-state index in [0.717, 1.165) is 17.7 Å². The third kappa shape index (κ3) is 2.95. The number of nitrogens with zero attached hydrogens (tertiary/aromatic N) is 1. The van der Waals surface area contributed by atoms with Gasteiger partial charge in [-0.05, 0) is 36.1 Å². The molecule has 0 aliphatic heterocycles. The molecule has 0 aliphatic rings. The number of hydrogen-bond acceptors (Lipinski definition) is 1. The molecule has 0 heterocycles. The van der Waals surface area contributed by atoms with E-state index in [0.29, 0.717) is 0 Å². The van der Waals surface area contributed by atoms with Crippen LogP contribution in [0.15, 0.2) is 66.2 Å². The normalized spacial score (nSPS) is 10.7. The Balaban J connectivity index is 2.22. The summed E-state index contributed by atoms with van der Waals surface area (Å²) in [7, 11) is 0. The molecule has 2 rings (SSSR count). The highest BCUT2D eigenvalue weighted by atomic mass is 14.7. The quantitative estimate of drug-likeness (QED) is 0.683. The van der Waals surface area contributed by atoms with Crippen LogP contribution in [-0.2, 0) is 6.42 Å². The maximum atomic E-state index is 4.39. The highest BCUT2D eigenvalue weighted by Gasteiger charge is 2.04. The minimum absolute atomic E-state index is 0.831. The Labute approximate surface area is 109 Å². The molecule has 90 valence electrons. The van der Waals surface area contributed by atoms with Crippen LogP contribution in [0, 0.1) is 0 Å². The minimum Gasteiger partial charge on any atom is -0.261 e. The molecular formula is C17H17N. The van der Waals surface area contributed by atoms with E-state index in [9.17, 15) is 0 Å². The summed E-state index contributed by atoms with van der Waals surface area (Å²) >= 11 is 0. The summed E-state index contributed by atoms with van der Waals surface area (Å²) in [5, 5.41) is 0. The Hall–Kier alpha value is -2.15. The predicted molar refractivity (Wildman–Crippen MR) is 79.4 cm³/mol. The largest absolute Gasteiger partial charge is 0.261 e. The van der Waals surface area contributed by atoms with Gasteiger partial charge >= 0.3 is 0 Å². The van der Waals surface area contributed by atoms with Crippen LogP contribution in [-0.4, -0.2) is 6.21 Å². The maximum absolute atomic E-state index is 4.39. The van der Waals surface area contributed by atoms with Gasteiger partial charge in [-0.25, -0.2) is 0 Å². The van der Waals surface area contributed by atoms with Gasteiger partial charge in [-0.2, -0.15) is 0 Å². The van der Waals surface area contributed by atoms with Crippen molar-refractivity contribution in [2.24, 2.45) is 4.99 Å². The summed E-state index contributed by atoms with van der Waals surface area (Å²) < 4.78 is 0. The molecule has 0 aliphatic carbocycles. The number of aliphatic imine (C=N–C) groups is 1. The molecule has 0 atom stereocenters. The lowest BCUT2D eigenvalue weighted by atomic mass is 9.99. The molecule has 0 saturated carbocycles. The summed E-state index contributed by atoms with van der Waals surface area (Å²) in [5.41, 5.74) is 4.55. The van der Waals surface area contributed by atoms with Crippen molar-refractivity contribution in [3.05, 3.63) is 72.3 Å². The molecular weight excluding hydrogens is 218 g/mol. The molecule has 0 bridgehead atoms. The van der Waals surface area contributed by atoms with Gasteiger partial charge in [-0.3, -0.25) is 4.99 Å². The number of allylic oxidation sites excluding steroid dienone is 1. The lowest BCUT2D eigenvalue weighted by Crippen LogP contribution is -1.90. The van der Waals surface area contributed by atoms with Crippen molar-refractivity contribution in [2.45, 2.75) is 13.3 Å². The lowest BCUT2D eigenvalue weighted by molar-refractivity contribution is 1.27. The summed E-state index contributed by atoms with van der Waals surface area (Å²) in [6.45, 7) is 6.10. The molecule has 0 N–H and O–H groups in total. The van der Waals surface area contributed by atoms with E-state index in [4.69, 9.17) is 0 Å². The van der Waals surface area contributed by atoms with Crippen molar-refractivity contribution in [1.82, 2.24) is 0 Å². The lowest BCUT2D eigenvalue weighted by Gasteiger charge is -2.08. The maximum Gasteiger partial charge on any atom is 0.0660 e. The monoisotopic (exact) mass is 235 g/mol. The second-order valence-corrected chi connectivity index (χ2v) is 4.16. The highest BCUT2D eigenvalue weighted by Crippen LogP contribution is 2.24. The zero-order valence-electron chi connectivity index (χ0n) is 10.6. The second-order valence-electron chi connectivity index (χ2n) is 4.16. The fraction of sp³-hybridized carbons (Fsp3) is 0.118. The van der Waals surface area contributed by atoms with Crippen LogP contribution in [0.4, 0.5) is 5.69 Å². The van der Waals surface area contributed by atoms with Gasteiger partial charge in [0, 0.05) is 6.21 Å². The van der Waals surface area contributed by atoms with Crippen LogP contribution < -0.4 is 0 Å². The summed E-state index contributed by atoms with van der Waals surface area (Å²) in [4.78, 5) is 4.39. The van der Waals surface area contributed by atoms with Gasteiger partial charge < -0.3 is 0 Å². The molecule has 0 unspecified atom stereocenters. The number of hydrogen-bond donors (Lipinski definition) is 0. The first-order chi connectivity index (χ1) is 8.81. The first kappa shape index (κ1) is 12.3. The van der Waals surface area contributed by atoms with Crippen LogP contribution in [0.2, 0.25) is 0 Å². The average molecular weight is 235 g/mol. The zero-order valence-corrected chi connectivity index (χ0v) is 10.6. The van der Waals surface area contributed by atoms with Crippen molar-refractivity contribution in [3.63, 3.8) is 0 Å². The van der Waals surface area contributed by atoms with Crippen LogP contribution in [0.1, 0.15) is 18.1 Å². The van der Waals surface area contributed by atoms with Crippen molar-refractivity contribution in [3.8, 4) is 0 Å². The van der Waals surface area contributed by atoms with Crippen LogP contribution in [0.3, 0.4) is 0 Å². The molecule has 2 aromatic carbocycles. The standard InChI is InChI=1S/C17H17N/c1-3-18-17-12-8-7-11-16(17)13-14(2)15-9-5-4-6-10-15/h3-12H,2,13H2,1H3. The van der Waals surface area contributed by atoms with Crippen LogP contribution in [0.5, 0.6) is 0 Å². The van der Waals surface area contributed by atoms with Crippen LogP contribution in [0.25, 0.3) is 5.57 Å². The molecule has 1 nitrogen and oxygen atoms in total. The Bertz CT molecular complexity index is 553. The van der Waals surface area contributed by atoms with Gasteiger partial charge in [0.2, 0.25) is 0 Å². The van der Waals surface area contributed by atoms with Gasteiger partial charge in [0.25, 0.3) is 0 Å². The Morgan fingerprint density at radius 2 is 1.72 bits per heavy atom. The molecule has 0 saturated heterocycles. The topological polar surface area (TPSA) is 12.4 Å². The van der Waals surface area contributed by atoms with E-state index < -0.39 is 0 Å². The molecule has 0 fully saturated rings. The molecule has 0 aromatic heterocycles. The SMILES string of the molecule is C=C(Cc1ccccc1N=CC)c1ccccc1. The fourth-order valence-electron chi connectivity index (χ4n) is 1.93. The van der Waals surface area contributed by atoms with E-state index in [1.165, 1.54) is 11.1 Å². The third-order valence-electron chi connectivity index (χ3n) is 2.85. The minimum atomic E-state index is 0.831. The van der Waals surface area contributed by atoms with Crippen molar-refractivity contribution in [1.29, 1.82) is 0 Å². The van der Waals surface area contributed by atoms with E-state index in [1.54, 1.807) is 0 Å². The van der Waals surface area contributed by atoms with E-state index in [-0.39, 0.29) is 0 Å². The Kier molecular flexibility index (Phi) is 4.08. The van der Waals surface area contributed by atoms with Gasteiger partial charge in [0.1, 0.15) is 0 Å². The first-order valence-electron chi connectivity index (χ1n) is 6.11. The molecule has 18 heavy (non-hydrogen) atoms. The molecule has 1 heteroatoms. The molecule has 0 spiro atoms. The summed E-state index contributed by atoms with van der Waals surface area (Å²) in [6, 6.07) is 18.5. The first-order valence-corrected chi connectivity index (χ1v) is 6.11. The smallest absolute Gasteiger partial charge is 0.0660 e. The Morgan fingerprint density at radius 1 is 1.06 bits per heavy atom. The van der Waals surface area contributed by atoms with Gasteiger partial charge in [0.15, 0.2) is 0 Å². The van der Waals surface area contributed by atoms with Crippen LogP contribution >= 0.6 is 0 Å². The second kappa shape index (κ2) is 5.97. The summed E-state index contributed by atoms with van der Waals surface area (Å²) in [5.74, 6) is 0. The van der Waals surface area contributed by atoms with Crippen molar-refractivity contribution < 1.29 is 0 Å². The van der Waals surface area contributed by atoms with Gasteiger partial charge in [-0.15, -0.1) is 0 Å². The molecule has 0 radical (unpaired) electrons. The van der Waals surface area contributed by atoms with Crippen molar-refractivity contribution >= 4 is 17.5 Å². The van der Waals surface area contributed by atoms with Gasteiger partial charge in [-0.1, -0.05) is 55.1 Å².